The zero-order valence-electron chi connectivity index (χ0n) is 16.2. The molecule has 0 bridgehead atoms. The molecule has 1 aliphatic heterocycles. The predicted octanol–water partition coefficient (Wildman–Crippen LogP) is 2.59. The average molecular weight is 403 g/mol. The first kappa shape index (κ1) is 19.4. The molecule has 152 valence electrons. The highest BCUT2D eigenvalue weighted by Gasteiger charge is 2.31. The maximum atomic E-state index is 12.9. The van der Waals surface area contributed by atoms with Gasteiger partial charge in [0.15, 0.2) is 11.5 Å². The molecule has 0 fully saturated rings. The van der Waals surface area contributed by atoms with Gasteiger partial charge in [-0.15, -0.1) is 0 Å². The van der Waals surface area contributed by atoms with Gasteiger partial charge < -0.3 is 20.1 Å². The maximum Gasteiger partial charge on any atom is 0.265 e. The first-order chi connectivity index (χ1) is 14.7. The van der Waals surface area contributed by atoms with E-state index in [4.69, 9.17) is 9.47 Å². The van der Waals surface area contributed by atoms with Gasteiger partial charge in [0.05, 0.1) is 0 Å². The second kappa shape index (κ2) is 9.09. The number of rotatable bonds is 6. The summed E-state index contributed by atoms with van der Waals surface area (Å²) in [6.07, 6.45) is 1.07. The molecular weight excluding hydrogens is 382 g/mol. The molecule has 2 atom stereocenters. The first-order valence-electron chi connectivity index (χ1n) is 9.64. The lowest BCUT2D eigenvalue weighted by atomic mass is 10.0. The molecule has 2 heterocycles. The average Bonchev–Trinajstić information content (AvgIpc) is 2.79. The summed E-state index contributed by atoms with van der Waals surface area (Å²) in [6, 6.07) is 21.1. The minimum atomic E-state index is -0.846. The highest BCUT2D eigenvalue weighted by molar-refractivity contribution is 5.97. The number of hydrogen-bond acceptors (Lipinski definition) is 5. The minimum absolute atomic E-state index is 0.0722. The third-order valence-electron chi connectivity index (χ3n) is 4.63. The van der Waals surface area contributed by atoms with Gasteiger partial charge in [-0.2, -0.15) is 0 Å². The quantitative estimate of drug-likeness (QED) is 0.660. The van der Waals surface area contributed by atoms with Crippen LogP contribution in [0, 0.1) is 0 Å². The fourth-order valence-electron chi connectivity index (χ4n) is 3.12. The number of amides is 2. The van der Waals surface area contributed by atoms with Crippen LogP contribution < -0.4 is 20.1 Å². The van der Waals surface area contributed by atoms with Crippen LogP contribution >= 0.6 is 0 Å². The van der Waals surface area contributed by atoms with Gasteiger partial charge in [0.25, 0.3) is 5.91 Å². The molecular formula is C23H21N3O4. The third kappa shape index (κ3) is 4.75. The number of carbonyl (C=O) groups is 2. The van der Waals surface area contributed by atoms with E-state index in [9.17, 15) is 9.59 Å². The molecule has 2 N–H and O–H groups in total. The van der Waals surface area contributed by atoms with Crippen LogP contribution in [0.2, 0.25) is 0 Å². The highest BCUT2D eigenvalue weighted by Crippen LogP contribution is 2.30. The van der Waals surface area contributed by atoms with Gasteiger partial charge in [-0.1, -0.05) is 48.5 Å². The Bertz CT molecular complexity index is 1010. The van der Waals surface area contributed by atoms with Crippen LogP contribution in [0.4, 0.5) is 5.82 Å². The van der Waals surface area contributed by atoms with E-state index in [0.717, 1.165) is 5.56 Å². The molecule has 0 saturated heterocycles. The number of para-hydroxylation sites is 2. The van der Waals surface area contributed by atoms with Crippen molar-refractivity contribution in [3.8, 4) is 11.5 Å². The van der Waals surface area contributed by atoms with Crippen molar-refractivity contribution in [1.82, 2.24) is 10.3 Å². The molecule has 4 rings (SSSR count). The van der Waals surface area contributed by atoms with E-state index in [1.54, 1.807) is 42.6 Å². The summed E-state index contributed by atoms with van der Waals surface area (Å²) >= 11 is 0. The van der Waals surface area contributed by atoms with E-state index in [-0.39, 0.29) is 12.5 Å². The molecule has 0 saturated carbocycles. The number of hydrogen-bond donors (Lipinski definition) is 2. The molecule has 2 aromatic carbocycles. The van der Waals surface area contributed by atoms with Crippen molar-refractivity contribution in [3.05, 3.63) is 84.6 Å². The molecule has 7 heteroatoms. The second-order valence-electron chi connectivity index (χ2n) is 6.82. The number of aromatic nitrogens is 1. The standard InChI is InChI=1S/C23H21N3O4/c27-22(26-21-12-6-7-13-24-21)17(14-16-8-2-1-3-9-16)25-23(28)20-15-29-18-10-4-5-11-19(18)30-20/h1-13,17,20H,14-15H2,(H,25,28)(H,24,26,27)/t17-,20-/m1/s1. The monoisotopic (exact) mass is 403 g/mol. The number of fused-ring (bicyclic) bond motifs is 1. The van der Waals surface area contributed by atoms with Gasteiger partial charge in [-0.05, 0) is 29.8 Å². The fraction of sp³-hybridized carbons (Fsp3) is 0.174. The number of anilines is 1. The van der Waals surface area contributed by atoms with Crippen LogP contribution in [0.3, 0.4) is 0 Å². The van der Waals surface area contributed by atoms with Crippen molar-refractivity contribution in [2.24, 2.45) is 0 Å². The Morgan fingerprint density at radius 1 is 0.967 bits per heavy atom. The van der Waals surface area contributed by atoms with Crippen molar-refractivity contribution < 1.29 is 19.1 Å². The van der Waals surface area contributed by atoms with Crippen LogP contribution in [-0.4, -0.2) is 35.6 Å². The molecule has 0 spiro atoms. The Morgan fingerprint density at radius 2 is 1.70 bits per heavy atom. The lowest BCUT2D eigenvalue weighted by Gasteiger charge is -2.27. The lowest BCUT2D eigenvalue weighted by molar-refractivity contribution is -0.133. The molecule has 0 aliphatic carbocycles. The Labute approximate surface area is 174 Å². The first-order valence-corrected chi connectivity index (χ1v) is 9.64. The molecule has 0 unspecified atom stereocenters. The summed E-state index contributed by atoms with van der Waals surface area (Å²) in [6.45, 7) is 0.0722. The fourth-order valence-corrected chi connectivity index (χ4v) is 3.12. The van der Waals surface area contributed by atoms with Gasteiger partial charge in [-0.3, -0.25) is 9.59 Å². The largest absolute Gasteiger partial charge is 0.485 e. The minimum Gasteiger partial charge on any atom is -0.485 e. The van der Waals surface area contributed by atoms with Gasteiger partial charge in [0.2, 0.25) is 12.0 Å². The van der Waals surface area contributed by atoms with Crippen molar-refractivity contribution in [2.75, 3.05) is 11.9 Å². The SMILES string of the molecule is O=C(Nc1ccccn1)[C@@H](Cc1ccccc1)NC(=O)[C@H]1COc2ccccc2O1. The number of benzene rings is 2. The van der Waals surface area contributed by atoms with Crippen molar-refractivity contribution in [1.29, 1.82) is 0 Å². The Balaban J connectivity index is 1.47. The normalized spacial score (nSPS) is 15.7. The zero-order chi connectivity index (χ0) is 20.8. The Kier molecular flexibility index (Phi) is 5.89. The van der Waals surface area contributed by atoms with E-state index < -0.39 is 18.1 Å². The molecule has 0 radical (unpaired) electrons. The van der Waals surface area contributed by atoms with Crippen molar-refractivity contribution >= 4 is 17.6 Å². The Morgan fingerprint density at radius 3 is 2.47 bits per heavy atom. The predicted molar refractivity (Wildman–Crippen MR) is 111 cm³/mol. The van der Waals surface area contributed by atoms with E-state index in [1.165, 1.54) is 0 Å². The van der Waals surface area contributed by atoms with Crippen LogP contribution in [0.1, 0.15) is 5.56 Å². The van der Waals surface area contributed by atoms with Gasteiger partial charge >= 0.3 is 0 Å². The van der Waals surface area contributed by atoms with Crippen molar-refractivity contribution in [3.63, 3.8) is 0 Å². The second-order valence-corrected chi connectivity index (χ2v) is 6.82. The lowest BCUT2D eigenvalue weighted by Crippen LogP contribution is -2.52. The van der Waals surface area contributed by atoms with Crippen LogP contribution in [0.15, 0.2) is 79.0 Å². The molecule has 3 aromatic rings. The summed E-state index contributed by atoms with van der Waals surface area (Å²) in [4.78, 5) is 29.9. The number of nitrogens with one attached hydrogen (secondary N) is 2. The highest BCUT2D eigenvalue weighted by atomic mass is 16.6. The number of carbonyl (C=O) groups excluding carboxylic acids is 2. The summed E-state index contributed by atoms with van der Waals surface area (Å²) in [5.41, 5.74) is 0.921. The maximum absolute atomic E-state index is 12.9. The van der Waals surface area contributed by atoms with E-state index in [2.05, 4.69) is 15.6 Å². The molecule has 30 heavy (non-hydrogen) atoms. The molecule has 7 nitrogen and oxygen atoms in total. The van der Waals surface area contributed by atoms with Crippen LogP contribution in [-0.2, 0) is 16.0 Å². The van der Waals surface area contributed by atoms with Gasteiger partial charge in [-0.25, -0.2) is 4.98 Å². The summed E-state index contributed by atoms with van der Waals surface area (Å²) in [5, 5.41) is 5.55. The van der Waals surface area contributed by atoms with E-state index >= 15 is 0 Å². The number of nitrogens with zero attached hydrogens (tertiary/aromatic N) is 1. The number of ether oxygens (including phenoxy) is 2. The summed E-state index contributed by atoms with van der Waals surface area (Å²) < 4.78 is 11.4. The smallest absolute Gasteiger partial charge is 0.265 e. The summed E-state index contributed by atoms with van der Waals surface area (Å²) in [5.74, 6) is 0.738. The molecule has 1 aromatic heterocycles. The molecule has 1 aliphatic rings. The topological polar surface area (TPSA) is 89.6 Å². The van der Waals surface area contributed by atoms with Gasteiger partial charge in [0, 0.05) is 12.6 Å². The summed E-state index contributed by atoms with van der Waals surface area (Å²) in [7, 11) is 0. The van der Waals surface area contributed by atoms with E-state index in [0.29, 0.717) is 23.7 Å². The van der Waals surface area contributed by atoms with Crippen LogP contribution in [0.25, 0.3) is 0 Å². The zero-order valence-corrected chi connectivity index (χ0v) is 16.2. The van der Waals surface area contributed by atoms with E-state index in [1.807, 2.05) is 36.4 Å². The Hall–Kier alpha value is -3.87. The van der Waals surface area contributed by atoms with Gasteiger partial charge in [0.1, 0.15) is 18.5 Å². The van der Waals surface area contributed by atoms with Crippen molar-refractivity contribution in [2.45, 2.75) is 18.6 Å². The third-order valence-corrected chi connectivity index (χ3v) is 4.63. The molecule has 2 amide bonds. The van der Waals surface area contributed by atoms with Crippen LogP contribution in [0.5, 0.6) is 11.5 Å². The number of pyridine rings is 1.